The van der Waals surface area contributed by atoms with Gasteiger partial charge in [-0.1, -0.05) is 48.5 Å². The van der Waals surface area contributed by atoms with E-state index in [1.165, 1.54) is 0 Å². The van der Waals surface area contributed by atoms with Crippen LogP contribution in [0.15, 0.2) is 68.5 Å². The molecule has 0 amide bonds. The third kappa shape index (κ3) is 11.6. The maximum Gasteiger partial charge on any atom is 0.0401 e. The molecule has 0 atom stereocenters. The molecule has 0 radical (unpaired) electrons. The van der Waals surface area contributed by atoms with Crippen LogP contribution in [0.5, 0.6) is 0 Å². The highest BCUT2D eigenvalue weighted by molar-refractivity contribution is 5.84. The van der Waals surface area contributed by atoms with Gasteiger partial charge in [0.15, 0.2) is 0 Å². The Balaban J connectivity index is 1.52. The van der Waals surface area contributed by atoms with Crippen molar-refractivity contribution < 1.29 is 0 Å². The quantitative estimate of drug-likeness (QED) is 0.551. The van der Waals surface area contributed by atoms with E-state index in [0.717, 1.165) is 100 Å². The lowest BCUT2D eigenvalue weighted by molar-refractivity contribution is 0.329. The van der Waals surface area contributed by atoms with E-state index < -0.39 is 0 Å². The van der Waals surface area contributed by atoms with Crippen LogP contribution in [-0.4, -0.2) is 101 Å². The van der Waals surface area contributed by atoms with Crippen molar-refractivity contribution in [3.63, 3.8) is 0 Å². The van der Waals surface area contributed by atoms with Gasteiger partial charge in [0.2, 0.25) is 0 Å². The molecule has 6 heteroatoms. The lowest BCUT2D eigenvalue weighted by atomic mass is 10.1. The van der Waals surface area contributed by atoms with Crippen LogP contribution in [0.25, 0.3) is 0 Å². The topological polar surface area (TPSA) is 55.9 Å². The van der Waals surface area contributed by atoms with Gasteiger partial charge in [0.1, 0.15) is 0 Å². The van der Waals surface area contributed by atoms with Crippen molar-refractivity contribution in [3.8, 4) is 0 Å². The van der Waals surface area contributed by atoms with Gasteiger partial charge in [-0.2, -0.15) is 0 Å². The zero-order valence-corrected chi connectivity index (χ0v) is 22.1. The third-order valence-electron chi connectivity index (χ3n) is 6.14. The van der Waals surface area contributed by atoms with Crippen molar-refractivity contribution in [1.82, 2.24) is 9.80 Å². The highest BCUT2D eigenvalue weighted by Gasteiger charge is 1.99. The van der Waals surface area contributed by atoms with E-state index >= 15 is 0 Å². The largest absolute Gasteiger partial charge is 0.306 e. The number of benzene rings is 2. The number of hydrogen-bond acceptors (Lipinski definition) is 6. The Bertz CT molecular complexity index is 816. The molecule has 4 aliphatic heterocycles. The molecule has 0 saturated carbocycles. The molecule has 0 N–H and O–H groups in total. The van der Waals surface area contributed by atoms with E-state index in [1.807, 2.05) is 24.9 Å². The summed E-state index contributed by atoms with van der Waals surface area (Å²) >= 11 is 0. The van der Waals surface area contributed by atoms with Crippen molar-refractivity contribution >= 4 is 24.9 Å². The Labute approximate surface area is 217 Å². The van der Waals surface area contributed by atoms with Crippen molar-refractivity contribution in [2.75, 3.05) is 66.5 Å². The Hall–Kier alpha value is -2.96. The number of nitrogens with zero attached hydrogens (tertiary/aromatic N) is 6. The maximum atomic E-state index is 4.60. The van der Waals surface area contributed by atoms with Crippen molar-refractivity contribution in [2.24, 2.45) is 20.0 Å². The van der Waals surface area contributed by atoms with Crippen LogP contribution in [-0.2, 0) is 0 Å². The molecule has 6 rings (SSSR count). The molecular formula is C30H42N6. The molecule has 6 nitrogen and oxygen atoms in total. The molecule has 0 spiro atoms. The van der Waals surface area contributed by atoms with Gasteiger partial charge in [-0.3, -0.25) is 20.0 Å². The van der Waals surface area contributed by atoms with Crippen molar-refractivity contribution in [2.45, 2.75) is 25.7 Å². The second-order valence-electron chi connectivity index (χ2n) is 9.50. The number of hydrogen-bond donors (Lipinski definition) is 0. The van der Waals surface area contributed by atoms with Gasteiger partial charge in [0.05, 0.1) is 0 Å². The summed E-state index contributed by atoms with van der Waals surface area (Å²) in [5, 5.41) is 0. The summed E-state index contributed by atoms with van der Waals surface area (Å²) in [5.41, 5.74) is 4.55. The van der Waals surface area contributed by atoms with Gasteiger partial charge < -0.3 is 9.80 Å². The van der Waals surface area contributed by atoms with E-state index in [9.17, 15) is 0 Å². The molecule has 2 aromatic carbocycles. The Morgan fingerprint density at radius 1 is 0.417 bits per heavy atom. The molecule has 0 aromatic heterocycles. The summed E-state index contributed by atoms with van der Waals surface area (Å²) in [6.45, 7) is 7.60. The average molecular weight is 487 g/mol. The third-order valence-corrected chi connectivity index (χ3v) is 6.14. The van der Waals surface area contributed by atoms with Crippen LogP contribution in [0.4, 0.5) is 0 Å². The molecule has 4 heterocycles. The highest BCUT2D eigenvalue weighted by atomic mass is 15.1. The minimum absolute atomic E-state index is 0.848. The summed E-state index contributed by atoms with van der Waals surface area (Å²) in [6.07, 6.45) is 12.1. The predicted molar refractivity (Wildman–Crippen MR) is 156 cm³/mol. The minimum atomic E-state index is 0.848. The number of rotatable bonds is 0. The standard InChI is InChI=1S/C30H42N6/c1-35-19-3-15-31-23-27-7-11-29(12-8-27)25-33-17-5-21-36(2)22-6-18-34-26-30-13-9-28(10-14-30)24-32-16-4-20-35/h7-14,23-26H,3-6,15-22H2,1-2H3. The summed E-state index contributed by atoms with van der Waals surface area (Å²) < 4.78 is 0. The highest BCUT2D eigenvalue weighted by Crippen LogP contribution is 2.03. The first kappa shape index (κ1) is 27.6. The first-order chi connectivity index (χ1) is 17.7. The Morgan fingerprint density at radius 3 is 0.861 bits per heavy atom. The van der Waals surface area contributed by atoms with Crippen LogP contribution in [0, 0.1) is 0 Å². The van der Waals surface area contributed by atoms with Crippen molar-refractivity contribution in [1.29, 1.82) is 0 Å². The Kier molecular flexibility index (Phi) is 12.8. The van der Waals surface area contributed by atoms with E-state index in [4.69, 9.17) is 0 Å². The SMILES string of the molecule is CN1CCCN=Cc2ccc(cc2)C=NCCCN(C)CCCN=Cc2ccc(cc2)C=NCCC1. The first-order valence-corrected chi connectivity index (χ1v) is 13.3. The van der Waals surface area contributed by atoms with Crippen molar-refractivity contribution in [3.05, 3.63) is 70.8 Å². The summed E-state index contributed by atoms with van der Waals surface area (Å²) in [4.78, 5) is 23.1. The summed E-state index contributed by atoms with van der Waals surface area (Å²) in [6, 6.07) is 16.9. The fraction of sp³-hybridized carbons (Fsp3) is 0.467. The molecule has 36 heavy (non-hydrogen) atoms. The molecule has 192 valence electrons. The number of aliphatic imine (C=N–C) groups is 4. The molecule has 4 aliphatic rings. The summed E-state index contributed by atoms with van der Waals surface area (Å²) in [5.74, 6) is 0. The van der Waals surface area contributed by atoms with Crippen LogP contribution in [0.1, 0.15) is 47.9 Å². The zero-order chi connectivity index (χ0) is 25.3. The van der Waals surface area contributed by atoms with E-state index in [2.05, 4.69) is 92.4 Å². The summed E-state index contributed by atoms with van der Waals surface area (Å²) in [7, 11) is 4.35. The fourth-order valence-electron chi connectivity index (χ4n) is 3.97. The lowest BCUT2D eigenvalue weighted by Crippen LogP contribution is -2.22. The van der Waals surface area contributed by atoms with Gasteiger partial charge in [0.25, 0.3) is 0 Å². The van der Waals surface area contributed by atoms with Gasteiger partial charge in [-0.15, -0.1) is 0 Å². The fourth-order valence-corrected chi connectivity index (χ4v) is 3.97. The average Bonchev–Trinajstić information content (AvgIpc) is 2.89. The normalized spacial score (nSPS) is 18.5. The molecule has 0 unspecified atom stereocenters. The van der Waals surface area contributed by atoms with Crippen LogP contribution >= 0.6 is 0 Å². The second kappa shape index (κ2) is 16.7. The van der Waals surface area contributed by atoms with Crippen LogP contribution in [0.3, 0.4) is 0 Å². The minimum Gasteiger partial charge on any atom is -0.306 e. The van der Waals surface area contributed by atoms with Gasteiger partial charge in [-0.05, 0) is 88.2 Å². The maximum absolute atomic E-state index is 4.60. The van der Waals surface area contributed by atoms with E-state index in [1.54, 1.807) is 0 Å². The molecule has 4 bridgehead atoms. The lowest BCUT2D eigenvalue weighted by Gasteiger charge is -2.14. The molecule has 0 aliphatic carbocycles. The van der Waals surface area contributed by atoms with Gasteiger partial charge in [-0.25, -0.2) is 0 Å². The molecular weight excluding hydrogens is 444 g/mol. The van der Waals surface area contributed by atoms with Crippen LogP contribution in [0.2, 0.25) is 0 Å². The first-order valence-electron chi connectivity index (χ1n) is 13.3. The van der Waals surface area contributed by atoms with E-state index in [-0.39, 0.29) is 0 Å². The smallest absolute Gasteiger partial charge is 0.0401 e. The second-order valence-corrected chi connectivity index (χ2v) is 9.50. The Morgan fingerprint density at radius 2 is 0.639 bits per heavy atom. The van der Waals surface area contributed by atoms with E-state index in [0.29, 0.717) is 0 Å². The zero-order valence-electron chi connectivity index (χ0n) is 22.1. The monoisotopic (exact) mass is 486 g/mol. The predicted octanol–water partition coefficient (Wildman–Crippen LogP) is 4.50. The molecule has 0 fully saturated rings. The molecule has 2 aromatic rings. The molecule has 0 saturated heterocycles. The van der Waals surface area contributed by atoms with Gasteiger partial charge >= 0.3 is 0 Å². The van der Waals surface area contributed by atoms with Gasteiger partial charge in [0, 0.05) is 51.0 Å². The van der Waals surface area contributed by atoms with Crippen LogP contribution < -0.4 is 0 Å².